The van der Waals surface area contributed by atoms with Crippen molar-refractivity contribution in [2.45, 2.75) is 58.6 Å². The first-order valence-corrected chi connectivity index (χ1v) is 7.11. The van der Waals surface area contributed by atoms with E-state index in [1.807, 2.05) is 0 Å². The first kappa shape index (κ1) is 13.4. The zero-order valence-corrected chi connectivity index (χ0v) is 12.0. The molecule has 0 saturated heterocycles. The molecule has 1 aromatic rings. The van der Waals surface area contributed by atoms with Crippen molar-refractivity contribution in [1.29, 1.82) is 0 Å². The molecule has 0 fully saturated rings. The summed E-state index contributed by atoms with van der Waals surface area (Å²) in [5.41, 5.74) is 2.65. The summed E-state index contributed by atoms with van der Waals surface area (Å²) in [5, 5.41) is 3.65. The Kier molecular flexibility index (Phi) is 3.96. The summed E-state index contributed by atoms with van der Waals surface area (Å²) in [7, 11) is 0. The van der Waals surface area contributed by atoms with Crippen LogP contribution in [-0.2, 0) is 6.42 Å². The van der Waals surface area contributed by atoms with E-state index in [0.29, 0.717) is 6.04 Å². The molecule has 2 nitrogen and oxygen atoms in total. The first-order chi connectivity index (χ1) is 8.55. The maximum Gasteiger partial charge on any atom is 0.124 e. The molecule has 0 aliphatic carbocycles. The highest BCUT2D eigenvalue weighted by molar-refractivity contribution is 5.41. The number of hydrogen-bond acceptors (Lipinski definition) is 2. The molecule has 1 unspecified atom stereocenters. The van der Waals surface area contributed by atoms with Crippen LogP contribution in [0.25, 0.3) is 0 Å². The van der Waals surface area contributed by atoms with Gasteiger partial charge in [0.2, 0.25) is 0 Å². The summed E-state index contributed by atoms with van der Waals surface area (Å²) in [4.78, 5) is 0. The van der Waals surface area contributed by atoms with Crippen molar-refractivity contribution in [3.8, 4) is 5.75 Å². The van der Waals surface area contributed by atoms with Gasteiger partial charge >= 0.3 is 0 Å². The predicted octanol–water partition coefficient (Wildman–Crippen LogP) is 3.85. The standard InChI is InChI=1S/C16H25NO/c1-5-9-17-14-11-16(3,4)18-15-8-7-12(6-2)10-13(14)15/h7-8,10,14,17H,5-6,9,11H2,1-4H3. The molecule has 100 valence electrons. The molecule has 2 rings (SSSR count). The van der Waals surface area contributed by atoms with E-state index >= 15 is 0 Å². The van der Waals surface area contributed by atoms with Gasteiger partial charge in [-0.05, 0) is 44.9 Å². The van der Waals surface area contributed by atoms with Gasteiger partial charge in [0.25, 0.3) is 0 Å². The van der Waals surface area contributed by atoms with Crippen molar-refractivity contribution in [2.24, 2.45) is 0 Å². The smallest absolute Gasteiger partial charge is 0.124 e. The Balaban J connectivity index is 2.31. The maximum absolute atomic E-state index is 6.09. The van der Waals surface area contributed by atoms with Crippen molar-refractivity contribution in [2.75, 3.05) is 6.54 Å². The van der Waals surface area contributed by atoms with Crippen LogP contribution >= 0.6 is 0 Å². The molecular formula is C16H25NO. The summed E-state index contributed by atoms with van der Waals surface area (Å²) in [6, 6.07) is 7.04. The van der Waals surface area contributed by atoms with E-state index in [-0.39, 0.29) is 5.60 Å². The summed E-state index contributed by atoms with van der Waals surface area (Å²) in [5.74, 6) is 1.05. The highest BCUT2D eigenvalue weighted by atomic mass is 16.5. The quantitative estimate of drug-likeness (QED) is 0.872. The molecule has 1 N–H and O–H groups in total. The van der Waals surface area contributed by atoms with Crippen LogP contribution in [0.4, 0.5) is 0 Å². The van der Waals surface area contributed by atoms with Gasteiger partial charge in [0, 0.05) is 18.0 Å². The van der Waals surface area contributed by atoms with Crippen molar-refractivity contribution >= 4 is 0 Å². The maximum atomic E-state index is 6.09. The number of ether oxygens (including phenoxy) is 1. The largest absolute Gasteiger partial charge is 0.487 e. The zero-order valence-electron chi connectivity index (χ0n) is 12.0. The number of nitrogens with one attached hydrogen (secondary N) is 1. The molecule has 1 aliphatic heterocycles. The lowest BCUT2D eigenvalue weighted by atomic mass is 9.88. The van der Waals surface area contributed by atoms with E-state index in [1.165, 1.54) is 17.5 Å². The predicted molar refractivity (Wildman–Crippen MR) is 76.2 cm³/mol. The average molecular weight is 247 g/mol. The van der Waals surface area contributed by atoms with E-state index in [1.54, 1.807) is 0 Å². The van der Waals surface area contributed by atoms with Crippen molar-refractivity contribution in [1.82, 2.24) is 5.32 Å². The first-order valence-electron chi connectivity index (χ1n) is 7.11. The lowest BCUT2D eigenvalue weighted by Crippen LogP contribution is -2.39. The van der Waals surface area contributed by atoms with Crippen molar-refractivity contribution in [3.63, 3.8) is 0 Å². The Labute approximate surface area is 111 Å². The molecule has 1 aliphatic rings. The third kappa shape index (κ3) is 2.86. The minimum absolute atomic E-state index is 0.0772. The number of hydrogen-bond donors (Lipinski definition) is 1. The fourth-order valence-electron chi connectivity index (χ4n) is 2.62. The molecule has 0 radical (unpaired) electrons. The van der Waals surface area contributed by atoms with E-state index in [9.17, 15) is 0 Å². The second-order valence-corrected chi connectivity index (χ2v) is 5.80. The Morgan fingerprint density at radius 1 is 1.33 bits per heavy atom. The molecule has 0 aromatic heterocycles. The second kappa shape index (κ2) is 5.31. The minimum Gasteiger partial charge on any atom is -0.487 e. The molecule has 0 spiro atoms. The van der Waals surface area contributed by atoms with Gasteiger partial charge < -0.3 is 10.1 Å². The van der Waals surface area contributed by atoms with Crippen LogP contribution in [-0.4, -0.2) is 12.1 Å². The number of rotatable bonds is 4. The molecule has 1 heterocycles. The van der Waals surface area contributed by atoms with Crippen molar-refractivity contribution < 1.29 is 4.74 Å². The number of benzene rings is 1. The Morgan fingerprint density at radius 3 is 2.78 bits per heavy atom. The average Bonchev–Trinajstić information content (AvgIpc) is 2.34. The van der Waals surface area contributed by atoms with Crippen LogP contribution in [0.3, 0.4) is 0 Å². The molecular weight excluding hydrogens is 222 g/mol. The Bertz CT molecular complexity index is 412. The summed E-state index contributed by atoms with van der Waals surface area (Å²) in [6.07, 6.45) is 3.28. The lowest BCUT2D eigenvalue weighted by molar-refractivity contribution is 0.0661. The van der Waals surface area contributed by atoms with E-state index < -0.39 is 0 Å². The van der Waals surface area contributed by atoms with Gasteiger partial charge in [0.05, 0.1) is 0 Å². The molecule has 0 bridgehead atoms. The van der Waals surface area contributed by atoms with Crippen LogP contribution in [0.15, 0.2) is 18.2 Å². The number of fused-ring (bicyclic) bond motifs is 1. The lowest BCUT2D eigenvalue weighted by Gasteiger charge is -2.38. The van der Waals surface area contributed by atoms with E-state index in [0.717, 1.165) is 25.1 Å². The molecule has 2 heteroatoms. The normalized spacial score (nSPS) is 21.2. The molecule has 1 aromatic carbocycles. The zero-order chi connectivity index (χ0) is 13.2. The SMILES string of the molecule is CCCNC1CC(C)(C)Oc2ccc(CC)cc21. The fourth-order valence-corrected chi connectivity index (χ4v) is 2.62. The second-order valence-electron chi connectivity index (χ2n) is 5.80. The van der Waals surface area contributed by atoms with Crippen LogP contribution in [0.1, 0.15) is 57.7 Å². The number of aryl methyl sites for hydroxylation is 1. The van der Waals surface area contributed by atoms with E-state index in [2.05, 4.69) is 51.2 Å². The minimum atomic E-state index is -0.0772. The topological polar surface area (TPSA) is 21.3 Å². The van der Waals surface area contributed by atoms with Gasteiger partial charge in [-0.1, -0.05) is 26.0 Å². The van der Waals surface area contributed by atoms with Gasteiger partial charge in [-0.25, -0.2) is 0 Å². The summed E-state index contributed by atoms with van der Waals surface area (Å²) >= 11 is 0. The van der Waals surface area contributed by atoms with Crippen LogP contribution in [0, 0.1) is 0 Å². The third-order valence-corrected chi connectivity index (χ3v) is 3.58. The van der Waals surface area contributed by atoms with E-state index in [4.69, 9.17) is 4.74 Å². The van der Waals surface area contributed by atoms with Gasteiger partial charge in [0.15, 0.2) is 0 Å². The monoisotopic (exact) mass is 247 g/mol. The van der Waals surface area contributed by atoms with Gasteiger partial charge in [-0.2, -0.15) is 0 Å². The summed E-state index contributed by atoms with van der Waals surface area (Å²) in [6.45, 7) is 9.82. The van der Waals surface area contributed by atoms with Crippen LogP contribution in [0.5, 0.6) is 5.75 Å². The highest BCUT2D eigenvalue weighted by Crippen LogP contribution is 2.39. The van der Waals surface area contributed by atoms with Gasteiger partial charge in [-0.3, -0.25) is 0 Å². The molecule has 1 atom stereocenters. The van der Waals surface area contributed by atoms with Crippen molar-refractivity contribution in [3.05, 3.63) is 29.3 Å². The third-order valence-electron chi connectivity index (χ3n) is 3.58. The molecule has 18 heavy (non-hydrogen) atoms. The molecule has 0 saturated carbocycles. The van der Waals surface area contributed by atoms with Crippen LogP contribution in [0.2, 0.25) is 0 Å². The highest BCUT2D eigenvalue weighted by Gasteiger charge is 2.33. The molecule has 0 amide bonds. The Morgan fingerprint density at radius 2 is 2.11 bits per heavy atom. The fraction of sp³-hybridized carbons (Fsp3) is 0.625. The van der Waals surface area contributed by atoms with Gasteiger partial charge in [-0.15, -0.1) is 0 Å². The summed E-state index contributed by atoms with van der Waals surface area (Å²) < 4.78 is 6.09. The van der Waals surface area contributed by atoms with Crippen LogP contribution < -0.4 is 10.1 Å². The Hall–Kier alpha value is -1.02. The van der Waals surface area contributed by atoms with Gasteiger partial charge in [0.1, 0.15) is 11.4 Å².